The number of aromatic nitrogens is 4. The SMILES string of the molecule is COCCCNC(=O)Cn1nnc(-c2cccc(OC)c2)n1. The molecule has 1 amide bonds. The van der Waals surface area contributed by atoms with Gasteiger partial charge in [-0.1, -0.05) is 12.1 Å². The molecular weight excluding hydrogens is 286 g/mol. The lowest BCUT2D eigenvalue weighted by atomic mass is 10.2. The topological polar surface area (TPSA) is 91.2 Å². The van der Waals surface area contributed by atoms with E-state index in [2.05, 4.69) is 20.7 Å². The van der Waals surface area contributed by atoms with Crippen LogP contribution in [0.15, 0.2) is 24.3 Å². The zero-order valence-electron chi connectivity index (χ0n) is 12.7. The van der Waals surface area contributed by atoms with Crippen molar-refractivity contribution in [2.75, 3.05) is 27.4 Å². The highest BCUT2D eigenvalue weighted by Gasteiger charge is 2.09. The molecule has 8 nitrogen and oxygen atoms in total. The van der Waals surface area contributed by atoms with Crippen LogP contribution in [0.5, 0.6) is 5.75 Å². The van der Waals surface area contributed by atoms with Crippen molar-refractivity contribution in [1.29, 1.82) is 0 Å². The number of hydrogen-bond acceptors (Lipinski definition) is 6. The fourth-order valence-electron chi connectivity index (χ4n) is 1.82. The van der Waals surface area contributed by atoms with Crippen molar-refractivity contribution < 1.29 is 14.3 Å². The summed E-state index contributed by atoms with van der Waals surface area (Å²) in [6.45, 7) is 1.20. The monoisotopic (exact) mass is 305 g/mol. The van der Waals surface area contributed by atoms with Gasteiger partial charge < -0.3 is 14.8 Å². The van der Waals surface area contributed by atoms with Crippen LogP contribution < -0.4 is 10.1 Å². The molecule has 2 aromatic rings. The van der Waals surface area contributed by atoms with Crippen LogP contribution >= 0.6 is 0 Å². The normalized spacial score (nSPS) is 10.5. The van der Waals surface area contributed by atoms with E-state index in [1.165, 1.54) is 4.80 Å². The molecule has 0 unspecified atom stereocenters. The second-order valence-electron chi connectivity index (χ2n) is 4.57. The maximum absolute atomic E-state index is 11.7. The van der Waals surface area contributed by atoms with Gasteiger partial charge in [-0.25, -0.2) is 0 Å². The van der Waals surface area contributed by atoms with Gasteiger partial charge in [0.15, 0.2) is 0 Å². The smallest absolute Gasteiger partial charge is 0.243 e. The predicted octanol–water partition coefficient (Wildman–Crippen LogP) is 0.501. The van der Waals surface area contributed by atoms with Gasteiger partial charge in [0.1, 0.15) is 12.3 Å². The molecule has 0 fully saturated rings. The van der Waals surface area contributed by atoms with Crippen LogP contribution in [0.4, 0.5) is 0 Å². The highest BCUT2D eigenvalue weighted by Crippen LogP contribution is 2.19. The number of ether oxygens (including phenoxy) is 2. The van der Waals surface area contributed by atoms with E-state index in [-0.39, 0.29) is 12.5 Å². The molecule has 0 saturated heterocycles. The van der Waals surface area contributed by atoms with Crippen LogP contribution in [0.3, 0.4) is 0 Å². The lowest BCUT2D eigenvalue weighted by Crippen LogP contribution is -2.29. The summed E-state index contributed by atoms with van der Waals surface area (Å²) in [6.07, 6.45) is 0.766. The molecule has 8 heteroatoms. The minimum Gasteiger partial charge on any atom is -0.497 e. The number of amides is 1. The molecule has 0 atom stereocenters. The summed E-state index contributed by atoms with van der Waals surface area (Å²) in [5, 5.41) is 14.8. The first kappa shape index (κ1) is 15.9. The molecule has 1 aromatic carbocycles. The van der Waals surface area contributed by atoms with Crippen molar-refractivity contribution in [3.63, 3.8) is 0 Å². The van der Waals surface area contributed by atoms with Crippen molar-refractivity contribution in [2.45, 2.75) is 13.0 Å². The van der Waals surface area contributed by atoms with Crippen LogP contribution in [0, 0.1) is 0 Å². The van der Waals surface area contributed by atoms with Gasteiger partial charge in [-0.15, -0.1) is 10.2 Å². The molecule has 1 aromatic heterocycles. The Morgan fingerprint density at radius 1 is 1.36 bits per heavy atom. The number of nitrogens with zero attached hydrogens (tertiary/aromatic N) is 4. The molecule has 0 saturated carbocycles. The van der Waals surface area contributed by atoms with Gasteiger partial charge in [-0.05, 0) is 23.8 Å². The minimum absolute atomic E-state index is 0.0317. The van der Waals surface area contributed by atoms with Crippen LogP contribution in [-0.2, 0) is 16.1 Å². The van der Waals surface area contributed by atoms with Crippen molar-refractivity contribution >= 4 is 5.91 Å². The molecule has 1 heterocycles. The number of carbonyl (C=O) groups is 1. The Hall–Kier alpha value is -2.48. The van der Waals surface area contributed by atoms with Crippen LogP contribution in [0.2, 0.25) is 0 Å². The third kappa shape index (κ3) is 4.52. The molecule has 0 aliphatic carbocycles. The van der Waals surface area contributed by atoms with Crippen LogP contribution in [0.1, 0.15) is 6.42 Å². The Morgan fingerprint density at radius 3 is 3.00 bits per heavy atom. The molecule has 0 bridgehead atoms. The van der Waals surface area contributed by atoms with Gasteiger partial charge in [0.2, 0.25) is 11.7 Å². The second-order valence-corrected chi connectivity index (χ2v) is 4.57. The maximum Gasteiger partial charge on any atom is 0.243 e. The number of nitrogens with one attached hydrogen (secondary N) is 1. The Bertz CT molecular complexity index is 614. The first-order chi connectivity index (χ1) is 10.7. The predicted molar refractivity (Wildman–Crippen MR) is 79.3 cm³/mol. The summed E-state index contributed by atoms with van der Waals surface area (Å²) in [5.74, 6) is 1.00. The number of hydrogen-bond donors (Lipinski definition) is 1. The molecule has 2 rings (SSSR count). The first-order valence-electron chi connectivity index (χ1n) is 6.91. The summed E-state index contributed by atoms with van der Waals surface area (Å²) in [7, 11) is 3.22. The largest absolute Gasteiger partial charge is 0.497 e. The van der Waals surface area contributed by atoms with E-state index in [1.807, 2.05) is 24.3 Å². The van der Waals surface area contributed by atoms with E-state index < -0.39 is 0 Å². The molecule has 0 aliphatic heterocycles. The fourth-order valence-corrected chi connectivity index (χ4v) is 1.82. The van der Waals surface area contributed by atoms with E-state index in [9.17, 15) is 4.79 Å². The maximum atomic E-state index is 11.7. The average Bonchev–Trinajstić information content (AvgIpc) is 3.00. The van der Waals surface area contributed by atoms with E-state index in [0.29, 0.717) is 24.7 Å². The van der Waals surface area contributed by atoms with Crippen molar-refractivity contribution in [3.05, 3.63) is 24.3 Å². The van der Waals surface area contributed by atoms with Crippen molar-refractivity contribution in [2.24, 2.45) is 0 Å². The third-order valence-electron chi connectivity index (χ3n) is 2.91. The molecule has 0 aliphatic rings. The Labute approximate surface area is 128 Å². The van der Waals surface area contributed by atoms with Gasteiger partial charge in [-0.2, -0.15) is 4.80 Å². The van der Waals surface area contributed by atoms with Gasteiger partial charge in [0, 0.05) is 25.8 Å². The van der Waals surface area contributed by atoms with Crippen LogP contribution in [0.25, 0.3) is 11.4 Å². The molecule has 0 spiro atoms. The summed E-state index contributed by atoms with van der Waals surface area (Å²) >= 11 is 0. The molecular formula is C14H19N5O3. The highest BCUT2D eigenvalue weighted by atomic mass is 16.5. The van der Waals surface area contributed by atoms with Crippen molar-refractivity contribution in [1.82, 2.24) is 25.5 Å². The number of benzene rings is 1. The minimum atomic E-state index is -0.161. The molecule has 118 valence electrons. The number of rotatable bonds is 8. The quantitative estimate of drug-likeness (QED) is 0.714. The third-order valence-corrected chi connectivity index (χ3v) is 2.91. The van der Waals surface area contributed by atoms with E-state index >= 15 is 0 Å². The highest BCUT2D eigenvalue weighted by molar-refractivity contribution is 5.75. The number of carbonyl (C=O) groups excluding carboxylic acids is 1. The van der Waals surface area contributed by atoms with Crippen molar-refractivity contribution in [3.8, 4) is 17.1 Å². The number of tetrazole rings is 1. The lowest BCUT2D eigenvalue weighted by Gasteiger charge is -2.03. The standard InChI is InChI=1S/C14H19N5O3/c1-21-8-4-7-15-13(20)10-19-17-14(16-18-19)11-5-3-6-12(9-11)22-2/h3,5-6,9H,4,7-8,10H2,1-2H3,(H,15,20). The summed E-state index contributed by atoms with van der Waals surface area (Å²) in [5.41, 5.74) is 0.783. The molecule has 22 heavy (non-hydrogen) atoms. The van der Waals surface area contributed by atoms with Crippen LogP contribution in [-0.4, -0.2) is 53.5 Å². The number of methoxy groups -OCH3 is 2. The molecule has 0 radical (unpaired) electrons. The average molecular weight is 305 g/mol. The Morgan fingerprint density at radius 2 is 2.23 bits per heavy atom. The van der Waals surface area contributed by atoms with Gasteiger partial charge >= 0.3 is 0 Å². The zero-order chi connectivity index (χ0) is 15.8. The Kier molecular flexibility index (Phi) is 5.84. The molecule has 1 N–H and O–H groups in total. The summed E-state index contributed by atoms with van der Waals surface area (Å²) in [6, 6.07) is 7.35. The van der Waals surface area contributed by atoms with Gasteiger partial charge in [0.25, 0.3) is 0 Å². The fraction of sp³-hybridized carbons (Fsp3) is 0.429. The Balaban J connectivity index is 1.92. The summed E-state index contributed by atoms with van der Waals surface area (Å²) in [4.78, 5) is 13.0. The first-order valence-corrected chi connectivity index (χ1v) is 6.91. The lowest BCUT2D eigenvalue weighted by molar-refractivity contribution is -0.122. The van der Waals surface area contributed by atoms with E-state index in [1.54, 1.807) is 14.2 Å². The van der Waals surface area contributed by atoms with E-state index in [4.69, 9.17) is 9.47 Å². The zero-order valence-corrected chi connectivity index (χ0v) is 12.7. The second kappa shape index (κ2) is 8.08. The van der Waals surface area contributed by atoms with E-state index in [0.717, 1.165) is 12.0 Å². The summed E-state index contributed by atoms with van der Waals surface area (Å²) < 4.78 is 10.1. The van der Waals surface area contributed by atoms with Gasteiger partial charge in [-0.3, -0.25) is 4.79 Å². The van der Waals surface area contributed by atoms with Gasteiger partial charge in [0.05, 0.1) is 7.11 Å².